The van der Waals surface area contributed by atoms with Gasteiger partial charge < -0.3 is 4.57 Å². The van der Waals surface area contributed by atoms with Gasteiger partial charge in [0.25, 0.3) is 0 Å². The molecule has 1 aromatic carbocycles. The number of nitrogens with zero attached hydrogens (tertiary/aromatic N) is 1. The molecule has 0 unspecified atom stereocenters. The molecule has 0 N–H and O–H groups in total. The Hall–Kier alpha value is -1.24. The minimum atomic E-state index is 0.210. The number of fused-ring (bicyclic) bond motifs is 1. The van der Waals surface area contributed by atoms with Crippen molar-refractivity contribution < 1.29 is 0 Å². The van der Waals surface area contributed by atoms with Gasteiger partial charge >= 0.3 is 0 Å². The van der Waals surface area contributed by atoms with E-state index < -0.39 is 0 Å². The molecule has 0 aliphatic carbocycles. The first-order valence-electron chi connectivity index (χ1n) is 5.46. The first kappa shape index (κ1) is 10.3. The van der Waals surface area contributed by atoms with Gasteiger partial charge in [0.1, 0.15) is 0 Å². The number of benzene rings is 1. The summed E-state index contributed by atoms with van der Waals surface area (Å²) in [6.45, 7) is 8.92. The first-order chi connectivity index (χ1) is 6.89. The fraction of sp³-hybridized carbons (Fsp3) is 0.429. The molecule has 0 fully saturated rings. The lowest BCUT2D eigenvalue weighted by Gasteiger charge is -2.19. The topological polar surface area (TPSA) is 4.93 Å². The third-order valence-corrected chi connectivity index (χ3v) is 2.97. The average molecular weight is 201 g/mol. The summed E-state index contributed by atoms with van der Waals surface area (Å²) in [7, 11) is 2.15. The van der Waals surface area contributed by atoms with E-state index in [1.807, 2.05) is 0 Å². The molecule has 0 atom stereocenters. The smallest absolute Gasteiger partial charge is 0.0480 e. The van der Waals surface area contributed by atoms with Crippen molar-refractivity contribution in [3.8, 4) is 0 Å². The highest BCUT2D eigenvalue weighted by Crippen LogP contribution is 2.28. The molecule has 2 aromatic rings. The zero-order valence-corrected chi connectivity index (χ0v) is 10.3. The van der Waals surface area contributed by atoms with Crippen molar-refractivity contribution in [2.24, 2.45) is 7.05 Å². The predicted molar refractivity (Wildman–Crippen MR) is 66.4 cm³/mol. The van der Waals surface area contributed by atoms with Gasteiger partial charge in [0.2, 0.25) is 0 Å². The van der Waals surface area contributed by atoms with Gasteiger partial charge in [-0.1, -0.05) is 32.4 Å². The van der Waals surface area contributed by atoms with Crippen molar-refractivity contribution in [1.82, 2.24) is 4.57 Å². The van der Waals surface area contributed by atoms with Crippen LogP contribution >= 0.6 is 0 Å². The molecule has 1 nitrogen and oxygen atoms in total. The Kier molecular flexibility index (Phi) is 2.14. The average Bonchev–Trinajstić information content (AvgIpc) is 2.42. The van der Waals surface area contributed by atoms with E-state index in [4.69, 9.17) is 0 Å². The molecule has 0 aliphatic rings. The Morgan fingerprint density at radius 2 is 1.73 bits per heavy atom. The summed E-state index contributed by atoms with van der Waals surface area (Å²) in [5, 5.41) is 1.35. The molecule has 0 spiro atoms. The molecular formula is C14H19N. The van der Waals surface area contributed by atoms with Crippen molar-refractivity contribution in [3.63, 3.8) is 0 Å². The van der Waals surface area contributed by atoms with Crippen LogP contribution in [0.3, 0.4) is 0 Å². The molecular weight excluding hydrogens is 182 g/mol. The molecule has 0 aliphatic heterocycles. The summed E-state index contributed by atoms with van der Waals surface area (Å²) < 4.78 is 2.30. The highest BCUT2D eigenvalue weighted by atomic mass is 15.0. The van der Waals surface area contributed by atoms with Gasteiger partial charge in [-0.2, -0.15) is 0 Å². The van der Waals surface area contributed by atoms with Gasteiger partial charge in [0.05, 0.1) is 0 Å². The second-order valence-corrected chi connectivity index (χ2v) is 5.40. The zero-order valence-electron chi connectivity index (χ0n) is 10.3. The molecule has 0 saturated carbocycles. The van der Waals surface area contributed by atoms with E-state index in [0.717, 1.165) is 0 Å². The van der Waals surface area contributed by atoms with E-state index in [0.29, 0.717) is 0 Å². The predicted octanol–water partition coefficient (Wildman–Crippen LogP) is 3.78. The number of aryl methyl sites for hydroxylation is 2. The van der Waals surface area contributed by atoms with Crippen LogP contribution in [0.5, 0.6) is 0 Å². The van der Waals surface area contributed by atoms with Crippen LogP contribution in [-0.4, -0.2) is 4.57 Å². The van der Waals surface area contributed by atoms with Crippen LogP contribution < -0.4 is 0 Å². The fourth-order valence-corrected chi connectivity index (χ4v) is 2.19. The van der Waals surface area contributed by atoms with Gasteiger partial charge in [-0.25, -0.2) is 0 Å². The first-order valence-corrected chi connectivity index (χ1v) is 5.46. The lowest BCUT2D eigenvalue weighted by Crippen LogP contribution is -2.15. The second kappa shape index (κ2) is 3.13. The Labute approximate surface area is 91.7 Å². The summed E-state index contributed by atoms with van der Waals surface area (Å²) in [5.74, 6) is 0. The number of aromatic nitrogens is 1. The molecule has 0 saturated heterocycles. The molecule has 80 valence electrons. The minimum absolute atomic E-state index is 0.210. The number of rotatable bonds is 0. The molecule has 1 heterocycles. The van der Waals surface area contributed by atoms with Crippen molar-refractivity contribution in [2.75, 3.05) is 0 Å². The minimum Gasteiger partial charge on any atom is -0.347 e. The Morgan fingerprint density at radius 1 is 1.07 bits per heavy atom. The van der Waals surface area contributed by atoms with E-state index >= 15 is 0 Å². The molecule has 1 heteroatoms. The van der Waals surface area contributed by atoms with Crippen molar-refractivity contribution in [2.45, 2.75) is 33.1 Å². The Morgan fingerprint density at radius 3 is 2.33 bits per heavy atom. The fourth-order valence-electron chi connectivity index (χ4n) is 2.19. The largest absolute Gasteiger partial charge is 0.347 e. The van der Waals surface area contributed by atoms with Crippen molar-refractivity contribution >= 4 is 10.9 Å². The molecule has 0 amide bonds. The lowest BCUT2D eigenvalue weighted by atomic mass is 9.92. The number of hydrogen-bond donors (Lipinski definition) is 0. The monoisotopic (exact) mass is 201 g/mol. The Bertz CT molecular complexity index is 498. The third-order valence-electron chi connectivity index (χ3n) is 2.97. The van der Waals surface area contributed by atoms with E-state index in [1.165, 1.54) is 22.2 Å². The quantitative estimate of drug-likeness (QED) is 0.611. The van der Waals surface area contributed by atoms with Crippen LogP contribution in [0.2, 0.25) is 0 Å². The van der Waals surface area contributed by atoms with Crippen LogP contribution in [0, 0.1) is 6.92 Å². The summed E-state index contributed by atoms with van der Waals surface area (Å²) >= 11 is 0. The normalized spacial score (nSPS) is 12.3. The Balaban J connectivity index is 2.75. The third kappa shape index (κ3) is 1.67. The molecule has 0 radical (unpaired) electrons. The van der Waals surface area contributed by atoms with Crippen molar-refractivity contribution in [1.29, 1.82) is 0 Å². The lowest BCUT2D eigenvalue weighted by molar-refractivity contribution is 0.547. The van der Waals surface area contributed by atoms with Crippen LogP contribution in [0.25, 0.3) is 10.9 Å². The molecule has 1 aromatic heterocycles. The van der Waals surface area contributed by atoms with Crippen LogP contribution in [0.1, 0.15) is 32.0 Å². The van der Waals surface area contributed by atoms with Gasteiger partial charge in [-0.05, 0) is 25.1 Å². The standard InChI is InChI=1S/C14H19N/c1-10-6-7-12-11(8-10)9-13(15(12)5)14(2,3)4/h6-9H,1-5H3. The van der Waals surface area contributed by atoms with E-state index in [2.05, 4.69) is 63.6 Å². The highest BCUT2D eigenvalue weighted by Gasteiger charge is 2.18. The maximum Gasteiger partial charge on any atom is 0.0480 e. The SMILES string of the molecule is Cc1ccc2c(c1)cc(C(C)(C)C)n2C. The number of hydrogen-bond acceptors (Lipinski definition) is 0. The van der Waals surface area contributed by atoms with E-state index in [-0.39, 0.29) is 5.41 Å². The highest BCUT2D eigenvalue weighted by molar-refractivity contribution is 5.82. The van der Waals surface area contributed by atoms with Gasteiger partial charge in [-0.3, -0.25) is 0 Å². The van der Waals surface area contributed by atoms with E-state index in [1.54, 1.807) is 0 Å². The summed E-state index contributed by atoms with van der Waals surface area (Å²) in [6, 6.07) is 8.95. The molecule has 0 bridgehead atoms. The van der Waals surface area contributed by atoms with Crippen LogP contribution in [0.15, 0.2) is 24.3 Å². The molecule has 2 rings (SSSR count). The van der Waals surface area contributed by atoms with Gasteiger partial charge in [0, 0.05) is 29.1 Å². The van der Waals surface area contributed by atoms with Crippen LogP contribution in [-0.2, 0) is 12.5 Å². The zero-order chi connectivity index (χ0) is 11.2. The summed E-state index contributed by atoms with van der Waals surface area (Å²) in [5.41, 5.74) is 4.25. The summed E-state index contributed by atoms with van der Waals surface area (Å²) in [4.78, 5) is 0. The maximum atomic E-state index is 2.31. The van der Waals surface area contributed by atoms with Gasteiger partial charge in [0.15, 0.2) is 0 Å². The molecule has 15 heavy (non-hydrogen) atoms. The van der Waals surface area contributed by atoms with Crippen LogP contribution in [0.4, 0.5) is 0 Å². The summed E-state index contributed by atoms with van der Waals surface area (Å²) in [6.07, 6.45) is 0. The maximum absolute atomic E-state index is 2.31. The van der Waals surface area contributed by atoms with E-state index in [9.17, 15) is 0 Å². The van der Waals surface area contributed by atoms with Gasteiger partial charge in [-0.15, -0.1) is 0 Å². The second-order valence-electron chi connectivity index (χ2n) is 5.40. The van der Waals surface area contributed by atoms with Crippen molar-refractivity contribution in [3.05, 3.63) is 35.5 Å².